The molecule has 0 aliphatic carbocycles. The van der Waals surface area contributed by atoms with Crippen LogP contribution in [-0.2, 0) is 0 Å². The zero-order chi connectivity index (χ0) is 12.5. The minimum absolute atomic E-state index is 0.00966. The second kappa shape index (κ2) is 4.31. The van der Waals surface area contributed by atoms with Crippen LogP contribution in [0.3, 0.4) is 0 Å². The second-order valence-corrected chi connectivity index (χ2v) is 4.86. The van der Waals surface area contributed by atoms with Crippen LogP contribution in [0, 0.1) is 12.3 Å². The Kier molecular flexibility index (Phi) is 2.99. The second-order valence-electron chi connectivity index (χ2n) is 4.86. The third-order valence-electron chi connectivity index (χ3n) is 2.80. The van der Waals surface area contributed by atoms with Gasteiger partial charge < -0.3 is 15.2 Å². The van der Waals surface area contributed by atoms with Gasteiger partial charge in [0.25, 0.3) is 0 Å². The number of hydrogen-bond acceptors (Lipinski definition) is 3. The molecule has 3 nitrogen and oxygen atoms in total. The summed E-state index contributed by atoms with van der Waals surface area (Å²) in [6, 6.07) is 5.68. The largest absolute Gasteiger partial charge is 0.487 e. The number of terminal acetylenes is 1. The molecule has 1 aliphatic rings. The van der Waals surface area contributed by atoms with Crippen molar-refractivity contribution in [3.8, 4) is 23.8 Å². The minimum atomic E-state index is -0.239. The average Bonchev–Trinajstić information content (AvgIpc) is 2.24. The van der Waals surface area contributed by atoms with E-state index in [9.17, 15) is 0 Å². The smallest absolute Gasteiger partial charge is 0.148 e. The van der Waals surface area contributed by atoms with E-state index in [1.165, 1.54) is 0 Å². The Bertz CT molecular complexity index is 460. The summed E-state index contributed by atoms with van der Waals surface area (Å²) in [5.41, 5.74) is 6.91. The summed E-state index contributed by atoms with van der Waals surface area (Å²) in [5.74, 6) is 3.94. The van der Waals surface area contributed by atoms with Gasteiger partial charge >= 0.3 is 0 Å². The lowest BCUT2D eigenvalue weighted by atomic mass is 9.90. The van der Waals surface area contributed by atoms with E-state index in [0.29, 0.717) is 5.75 Å². The third kappa shape index (κ3) is 2.54. The highest BCUT2D eigenvalue weighted by Crippen LogP contribution is 2.39. The van der Waals surface area contributed by atoms with Gasteiger partial charge in [-0.15, -0.1) is 6.42 Å². The maximum absolute atomic E-state index is 6.12. The predicted molar refractivity (Wildman–Crippen MR) is 67.0 cm³/mol. The zero-order valence-corrected chi connectivity index (χ0v) is 10.2. The molecule has 1 aromatic rings. The van der Waals surface area contributed by atoms with Crippen molar-refractivity contribution < 1.29 is 9.47 Å². The molecule has 0 radical (unpaired) electrons. The summed E-state index contributed by atoms with van der Waals surface area (Å²) in [6.07, 6.45) is 5.96. The maximum Gasteiger partial charge on any atom is 0.148 e. The summed E-state index contributed by atoms with van der Waals surface area (Å²) >= 11 is 0. The van der Waals surface area contributed by atoms with Crippen molar-refractivity contribution in [3.63, 3.8) is 0 Å². The van der Waals surface area contributed by atoms with Crippen molar-refractivity contribution in [2.75, 3.05) is 6.61 Å². The number of rotatable bonds is 2. The molecule has 17 heavy (non-hydrogen) atoms. The van der Waals surface area contributed by atoms with Crippen LogP contribution in [-0.4, -0.2) is 12.2 Å². The van der Waals surface area contributed by atoms with Gasteiger partial charge in [0.05, 0.1) is 0 Å². The Hall–Kier alpha value is -1.66. The number of benzene rings is 1. The molecule has 0 amide bonds. The normalized spacial score (nSPS) is 20.9. The van der Waals surface area contributed by atoms with E-state index in [2.05, 4.69) is 5.92 Å². The molecule has 1 heterocycles. The zero-order valence-electron chi connectivity index (χ0n) is 10.2. The SMILES string of the molecule is C#CCOc1ccc2c(c1)OC(C)(C)CC2N. The molecule has 2 rings (SSSR count). The summed E-state index contributed by atoms with van der Waals surface area (Å²) < 4.78 is 11.3. The van der Waals surface area contributed by atoms with E-state index in [1.54, 1.807) is 0 Å². The van der Waals surface area contributed by atoms with Crippen LogP contribution in [0.4, 0.5) is 0 Å². The van der Waals surface area contributed by atoms with Crippen molar-refractivity contribution in [2.45, 2.75) is 31.9 Å². The molecule has 90 valence electrons. The van der Waals surface area contributed by atoms with Crippen molar-refractivity contribution in [3.05, 3.63) is 23.8 Å². The van der Waals surface area contributed by atoms with Crippen LogP contribution in [0.2, 0.25) is 0 Å². The number of fused-ring (bicyclic) bond motifs is 1. The van der Waals surface area contributed by atoms with E-state index < -0.39 is 0 Å². The summed E-state index contributed by atoms with van der Waals surface area (Å²) in [5, 5.41) is 0. The van der Waals surface area contributed by atoms with Crippen molar-refractivity contribution in [1.29, 1.82) is 0 Å². The summed E-state index contributed by atoms with van der Waals surface area (Å²) in [4.78, 5) is 0. The molecule has 1 unspecified atom stereocenters. The fourth-order valence-corrected chi connectivity index (χ4v) is 2.10. The van der Waals surface area contributed by atoms with E-state index >= 15 is 0 Å². The lowest BCUT2D eigenvalue weighted by Crippen LogP contribution is -2.37. The first-order valence-electron chi connectivity index (χ1n) is 5.67. The van der Waals surface area contributed by atoms with Crippen molar-refractivity contribution in [2.24, 2.45) is 5.73 Å². The molecule has 0 saturated carbocycles. The molecule has 2 N–H and O–H groups in total. The quantitative estimate of drug-likeness (QED) is 0.794. The van der Waals surface area contributed by atoms with Gasteiger partial charge in [0.2, 0.25) is 0 Å². The molecule has 0 aromatic heterocycles. The molecule has 0 bridgehead atoms. The fourth-order valence-electron chi connectivity index (χ4n) is 2.10. The average molecular weight is 231 g/mol. The lowest BCUT2D eigenvalue weighted by molar-refractivity contribution is 0.0725. The van der Waals surface area contributed by atoms with Crippen molar-refractivity contribution in [1.82, 2.24) is 0 Å². The van der Waals surface area contributed by atoms with E-state index in [-0.39, 0.29) is 18.2 Å². The molecule has 1 aromatic carbocycles. The first kappa shape index (κ1) is 11.8. The molecule has 0 spiro atoms. The Morgan fingerprint density at radius 3 is 3.06 bits per heavy atom. The van der Waals surface area contributed by atoms with Gasteiger partial charge in [-0.3, -0.25) is 0 Å². The van der Waals surface area contributed by atoms with Crippen LogP contribution >= 0.6 is 0 Å². The molecule has 0 saturated heterocycles. The number of hydrogen-bond donors (Lipinski definition) is 1. The van der Waals surface area contributed by atoms with Gasteiger partial charge in [-0.05, 0) is 19.9 Å². The predicted octanol–water partition coefficient (Wildman–Crippen LogP) is 2.26. The molecule has 1 atom stereocenters. The van der Waals surface area contributed by atoms with Crippen LogP contribution in [0.5, 0.6) is 11.5 Å². The van der Waals surface area contributed by atoms with E-state index in [0.717, 1.165) is 17.7 Å². The molecule has 0 fully saturated rings. The van der Waals surface area contributed by atoms with Gasteiger partial charge in [0, 0.05) is 24.1 Å². The summed E-state index contributed by atoms with van der Waals surface area (Å²) in [7, 11) is 0. The van der Waals surface area contributed by atoms with E-state index in [4.69, 9.17) is 21.6 Å². The Morgan fingerprint density at radius 1 is 1.59 bits per heavy atom. The van der Waals surface area contributed by atoms with Gasteiger partial charge in [0.1, 0.15) is 23.7 Å². The van der Waals surface area contributed by atoms with Gasteiger partial charge in [-0.25, -0.2) is 0 Å². The highest BCUT2D eigenvalue weighted by Gasteiger charge is 2.31. The number of ether oxygens (including phenoxy) is 2. The van der Waals surface area contributed by atoms with Crippen LogP contribution in [0.1, 0.15) is 31.9 Å². The van der Waals surface area contributed by atoms with Gasteiger partial charge in [-0.2, -0.15) is 0 Å². The van der Waals surface area contributed by atoms with Gasteiger partial charge in [0.15, 0.2) is 0 Å². The number of nitrogens with two attached hydrogens (primary N) is 1. The molecule has 3 heteroatoms. The topological polar surface area (TPSA) is 44.5 Å². The standard InChI is InChI=1S/C14H17NO2/c1-4-7-16-10-5-6-11-12(15)9-14(2,3)17-13(11)8-10/h1,5-6,8,12H,7,9,15H2,2-3H3. The Labute approximate surface area is 102 Å². The lowest BCUT2D eigenvalue weighted by Gasteiger charge is -2.36. The van der Waals surface area contributed by atoms with Gasteiger partial charge in [-0.1, -0.05) is 12.0 Å². The first-order chi connectivity index (χ1) is 8.02. The molecular formula is C14H17NO2. The maximum atomic E-state index is 6.12. The van der Waals surface area contributed by atoms with Crippen LogP contribution in [0.15, 0.2) is 18.2 Å². The Balaban J connectivity index is 2.29. The summed E-state index contributed by atoms with van der Waals surface area (Å²) in [6.45, 7) is 4.32. The highest BCUT2D eigenvalue weighted by atomic mass is 16.5. The molecular weight excluding hydrogens is 214 g/mol. The molecule has 1 aliphatic heterocycles. The van der Waals surface area contributed by atoms with Crippen LogP contribution in [0.25, 0.3) is 0 Å². The third-order valence-corrected chi connectivity index (χ3v) is 2.80. The fraction of sp³-hybridized carbons (Fsp3) is 0.429. The van der Waals surface area contributed by atoms with E-state index in [1.807, 2.05) is 32.0 Å². The first-order valence-corrected chi connectivity index (χ1v) is 5.67. The van der Waals surface area contributed by atoms with Crippen molar-refractivity contribution >= 4 is 0 Å². The Morgan fingerprint density at radius 2 is 2.35 bits per heavy atom. The highest BCUT2D eigenvalue weighted by molar-refractivity contribution is 5.44. The monoisotopic (exact) mass is 231 g/mol. The minimum Gasteiger partial charge on any atom is -0.487 e. The van der Waals surface area contributed by atoms with Crippen LogP contribution < -0.4 is 15.2 Å².